The van der Waals surface area contributed by atoms with Crippen molar-refractivity contribution in [3.05, 3.63) is 24.0 Å². The molecule has 1 aromatic rings. The van der Waals surface area contributed by atoms with Crippen LogP contribution in [0.1, 0.15) is 25.6 Å². The normalized spacial score (nSPS) is 15.3. The third-order valence-electron chi connectivity index (χ3n) is 2.40. The summed E-state index contributed by atoms with van der Waals surface area (Å²) in [4.78, 5) is 0. The van der Waals surface area contributed by atoms with E-state index in [1.807, 2.05) is 0 Å². The maximum atomic E-state index is 3.19. The van der Waals surface area contributed by atoms with Crippen LogP contribution in [0.4, 0.5) is 5.69 Å². The van der Waals surface area contributed by atoms with Crippen LogP contribution in [0.2, 0.25) is 0 Å². The van der Waals surface area contributed by atoms with Gasteiger partial charge < -0.3 is 5.43 Å². The lowest BCUT2D eigenvalue weighted by Crippen LogP contribution is -2.45. The van der Waals surface area contributed by atoms with Gasteiger partial charge in [-0.15, -0.1) is 0 Å². The summed E-state index contributed by atoms with van der Waals surface area (Å²) in [6.45, 7) is 5.42. The third kappa shape index (κ3) is 1.52. The summed E-state index contributed by atoms with van der Waals surface area (Å²) in [7, 11) is 0. The van der Waals surface area contributed by atoms with E-state index in [1.165, 1.54) is 11.4 Å². The van der Waals surface area contributed by atoms with E-state index in [2.05, 4.69) is 47.6 Å². The molecule has 0 aliphatic carbocycles. The van der Waals surface area contributed by atoms with E-state index in [-0.39, 0.29) is 0 Å². The molecule has 3 heteroatoms. The van der Waals surface area contributed by atoms with Crippen molar-refractivity contribution < 1.29 is 4.57 Å². The number of hydrogen-bond acceptors (Lipinski definition) is 2. The first kappa shape index (κ1) is 8.51. The second-order valence-electron chi connectivity index (χ2n) is 3.67. The van der Waals surface area contributed by atoms with Crippen LogP contribution in [-0.2, 0) is 6.42 Å². The molecular formula is C10H16N3+. The molecule has 0 amide bonds. The predicted molar refractivity (Wildman–Crippen MR) is 52.4 cm³/mol. The summed E-state index contributed by atoms with van der Waals surface area (Å²) >= 11 is 0. The minimum Gasteiger partial charge on any atom is -0.316 e. The van der Waals surface area contributed by atoms with Crippen LogP contribution in [0.5, 0.6) is 0 Å². The highest BCUT2D eigenvalue weighted by Gasteiger charge is 2.20. The number of pyridine rings is 1. The molecule has 2 heterocycles. The van der Waals surface area contributed by atoms with Crippen molar-refractivity contribution in [3.8, 4) is 0 Å². The van der Waals surface area contributed by atoms with Gasteiger partial charge >= 0.3 is 0 Å². The Balaban J connectivity index is 2.46. The van der Waals surface area contributed by atoms with E-state index in [4.69, 9.17) is 0 Å². The highest BCUT2D eigenvalue weighted by Crippen LogP contribution is 2.14. The number of aromatic nitrogens is 1. The lowest BCUT2D eigenvalue weighted by Gasteiger charge is -2.18. The fraction of sp³-hybridized carbons (Fsp3) is 0.500. The molecule has 0 atom stereocenters. The Morgan fingerprint density at radius 2 is 2.31 bits per heavy atom. The summed E-state index contributed by atoms with van der Waals surface area (Å²) in [6.07, 6.45) is 3.25. The van der Waals surface area contributed by atoms with Crippen molar-refractivity contribution in [1.82, 2.24) is 5.43 Å². The lowest BCUT2D eigenvalue weighted by atomic mass is 10.2. The molecule has 0 saturated carbocycles. The number of hydrogen-bond donors (Lipinski definition) is 2. The van der Waals surface area contributed by atoms with Crippen LogP contribution in [0, 0.1) is 0 Å². The highest BCUT2D eigenvalue weighted by atomic mass is 15.4. The van der Waals surface area contributed by atoms with E-state index < -0.39 is 0 Å². The van der Waals surface area contributed by atoms with Gasteiger partial charge in [-0.25, -0.2) is 5.43 Å². The summed E-state index contributed by atoms with van der Waals surface area (Å²) < 4.78 is 2.32. The monoisotopic (exact) mass is 178 g/mol. The topological polar surface area (TPSA) is 27.9 Å². The van der Waals surface area contributed by atoms with E-state index in [9.17, 15) is 0 Å². The van der Waals surface area contributed by atoms with Gasteiger partial charge in [-0.2, -0.15) is 4.57 Å². The zero-order chi connectivity index (χ0) is 9.26. The van der Waals surface area contributed by atoms with Gasteiger partial charge in [-0.05, 0) is 19.9 Å². The average Bonchev–Trinajstić information content (AvgIpc) is 2.17. The molecule has 0 spiro atoms. The fourth-order valence-corrected chi connectivity index (χ4v) is 1.76. The minimum atomic E-state index is 0.537. The smallest absolute Gasteiger partial charge is 0.207 e. The zero-order valence-corrected chi connectivity index (χ0v) is 8.17. The summed E-state index contributed by atoms with van der Waals surface area (Å²) in [5.41, 5.74) is 8.94. The summed E-state index contributed by atoms with van der Waals surface area (Å²) in [5, 5.41) is 0. The largest absolute Gasteiger partial charge is 0.316 e. The van der Waals surface area contributed by atoms with Crippen molar-refractivity contribution in [1.29, 1.82) is 0 Å². The van der Waals surface area contributed by atoms with Gasteiger partial charge in [0.15, 0.2) is 12.2 Å². The van der Waals surface area contributed by atoms with Gasteiger partial charge in [0.05, 0.1) is 0 Å². The molecule has 0 saturated heterocycles. The Labute approximate surface area is 78.7 Å². The number of rotatable bonds is 1. The first-order valence-electron chi connectivity index (χ1n) is 4.81. The Hall–Kier alpha value is -1.09. The molecule has 3 nitrogen and oxygen atoms in total. The maximum absolute atomic E-state index is 3.19. The van der Waals surface area contributed by atoms with Gasteiger partial charge in [0.1, 0.15) is 5.69 Å². The second-order valence-corrected chi connectivity index (χ2v) is 3.67. The van der Waals surface area contributed by atoms with Gasteiger partial charge in [0.25, 0.3) is 0 Å². The molecule has 13 heavy (non-hydrogen) atoms. The Morgan fingerprint density at radius 3 is 3.08 bits per heavy atom. The Morgan fingerprint density at radius 1 is 1.46 bits per heavy atom. The van der Waals surface area contributed by atoms with Gasteiger partial charge in [-0.3, -0.25) is 0 Å². The van der Waals surface area contributed by atoms with Crippen molar-refractivity contribution >= 4 is 5.69 Å². The zero-order valence-electron chi connectivity index (χ0n) is 8.17. The average molecular weight is 178 g/mol. The first-order valence-corrected chi connectivity index (χ1v) is 4.81. The van der Waals surface area contributed by atoms with Crippen LogP contribution in [-0.4, -0.2) is 6.54 Å². The van der Waals surface area contributed by atoms with Crippen molar-refractivity contribution in [3.63, 3.8) is 0 Å². The SMILES string of the molecule is CC(C)[n+]1cccc2c1CCNN2. The summed E-state index contributed by atoms with van der Waals surface area (Å²) in [5.74, 6) is 0. The predicted octanol–water partition coefficient (Wildman–Crippen LogP) is 1.03. The molecule has 0 radical (unpaired) electrons. The molecule has 0 bridgehead atoms. The quantitative estimate of drug-likeness (QED) is 0.629. The molecule has 0 unspecified atom stereocenters. The fourth-order valence-electron chi connectivity index (χ4n) is 1.76. The number of hydrazine groups is 1. The summed E-state index contributed by atoms with van der Waals surface area (Å²) in [6, 6.07) is 4.73. The molecule has 1 aliphatic rings. The van der Waals surface area contributed by atoms with Crippen LogP contribution < -0.4 is 15.4 Å². The number of nitrogens with zero attached hydrogens (tertiary/aromatic N) is 1. The van der Waals surface area contributed by atoms with Crippen LogP contribution in [0.15, 0.2) is 18.3 Å². The van der Waals surface area contributed by atoms with Gasteiger partial charge in [0.2, 0.25) is 5.69 Å². The van der Waals surface area contributed by atoms with E-state index >= 15 is 0 Å². The number of fused-ring (bicyclic) bond motifs is 1. The highest BCUT2D eigenvalue weighted by molar-refractivity contribution is 5.45. The Kier molecular flexibility index (Phi) is 2.19. The molecule has 0 aromatic carbocycles. The van der Waals surface area contributed by atoms with Crippen molar-refractivity contribution in [2.45, 2.75) is 26.3 Å². The molecule has 1 aromatic heterocycles. The number of nitrogens with one attached hydrogen (secondary N) is 2. The van der Waals surface area contributed by atoms with Crippen LogP contribution >= 0.6 is 0 Å². The maximum Gasteiger partial charge on any atom is 0.207 e. The molecule has 2 N–H and O–H groups in total. The van der Waals surface area contributed by atoms with Crippen molar-refractivity contribution in [2.75, 3.05) is 12.0 Å². The first-order chi connectivity index (χ1) is 6.29. The lowest BCUT2D eigenvalue weighted by molar-refractivity contribution is -0.722. The molecule has 70 valence electrons. The van der Waals surface area contributed by atoms with Crippen molar-refractivity contribution in [2.24, 2.45) is 0 Å². The number of anilines is 1. The van der Waals surface area contributed by atoms with E-state index in [1.54, 1.807) is 0 Å². The molecule has 1 aliphatic heterocycles. The Bertz CT molecular complexity index is 307. The van der Waals surface area contributed by atoms with Gasteiger partial charge in [0, 0.05) is 19.0 Å². The molecule has 2 rings (SSSR count). The van der Waals surface area contributed by atoms with E-state index in [0.717, 1.165) is 13.0 Å². The molecule has 0 fully saturated rings. The second kappa shape index (κ2) is 3.34. The van der Waals surface area contributed by atoms with Crippen LogP contribution in [0.3, 0.4) is 0 Å². The molecular weight excluding hydrogens is 162 g/mol. The minimum absolute atomic E-state index is 0.537. The third-order valence-corrected chi connectivity index (χ3v) is 2.40. The van der Waals surface area contributed by atoms with Gasteiger partial charge in [-0.1, -0.05) is 0 Å². The van der Waals surface area contributed by atoms with E-state index in [0.29, 0.717) is 6.04 Å². The standard InChI is InChI=1S/C10H16N3/c1-8(2)13-7-3-4-9-10(13)5-6-11-12-9/h3-4,7-8,11-12H,5-6H2,1-2H3/q+1. The van der Waals surface area contributed by atoms with Crippen LogP contribution in [0.25, 0.3) is 0 Å².